The minimum Gasteiger partial charge on any atom is -0.465 e. The minimum absolute atomic E-state index is 0.177. The van der Waals surface area contributed by atoms with Crippen LogP contribution in [0.4, 0.5) is 0 Å². The van der Waals surface area contributed by atoms with Gasteiger partial charge in [0.1, 0.15) is 6.61 Å². The van der Waals surface area contributed by atoms with Gasteiger partial charge in [0, 0.05) is 0 Å². The van der Waals surface area contributed by atoms with Crippen LogP contribution in [0, 0.1) is 0 Å². The van der Waals surface area contributed by atoms with Crippen molar-refractivity contribution in [2.24, 2.45) is 0 Å². The lowest BCUT2D eigenvalue weighted by Gasteiger charge is -2.27. The first-order chi connectivity index (χ1) is 10.0. The maximum Gasteiger partial charge on any atom is 0.293 e. The van der Waals surface area contributed by atoms with Gasteiger partial charge in [-0.3, -0.25) is 9.35 Å². The SMILES string of the molecule is O=COCC1(S(=O)(=O)O)c2ccccc2-c2ccccc21. The molecule has 0 spiro atoms. The number of fused-ring (bicyclic) bond motifs is 3. The monoisotopic (exact) mass is 304 g/mol. The lowest BCUT2D eigenvalue weighted by molar-refractivity contribution is -0.129. The molecule has 0 heterocycles. The van der Waals surface area contributed by atoms with E-state index in [2.05, 4.69) is 0 Å². The molecule has 0 aromatic heterocycles. The smallest absolute Gasteiger partial charge is 0.293 e. The van der Waals surface area contributed by atoms with Gasteiger partial charge in [-0.1, -0.05) is 48.5 Å². The number of carbonyl (C=O) groups is 1. The molecule has 0 unspecified atom stereocenters. The maximum absolute atomic E-state index is 12.1. The summed E-state index contributed by atoms with van der Waals surface area (Å²) < 4.78 is 37.1. The molecule has 1 N–H and O–H groups in total. The summed E-state index contributed by atoms with van der Waals surface area (Å²) in [6.45, 7) is -0.292. The van der Waals surface area contributed by atoms with Crippen molar-refractivity contribution in [3.05, 3.63) is 59.7 Å². The van der Waals surface area contributed by atoms with Crippen molar-refractivity contribution in [2.75, 3.05) is 6.61 Å². The molecule has 2 aromatic carbocycles. The zero-order chi connectivity index (χ0) is 15.1. The summed E-state index contributed by atoms with van der Waals surface area (Å²) in [5, 5.41) is 0. The molecule has 0 amide bonds. The van der Waals surface area contributed by atoms with Crippen molar-refractivity contribution in [2.45, 2.75) is 4.75 Å². The molecule has 3 rings (SSSR count). The van der Waals surface area contributed by atoms with Gasteiger partial charge in [0.15, 0.2) is 4.75 Å². The third kappa shape index (κ3) is 1.80. The van der Waals surface area contributed by atoms with Gasteiger partial charge in [-0.05, 0) is 22.3 Å². The number of rotatable bonds is 4. The normalized spacial score (nSPS) is 15.1. The zero-order valence-electron chi connectivity index (χ0n) is 10.9. The largest absolute Gasteiger partial charge is 0.465 e. The van der Waals surface area contributed by atoms with Crippen molar-refractivity contribution >= 4 is 16.6 Å². The quantitative estimate of drug-likeness (QED) is 0.690. The van der Waals surface area contributed by atoms with Crippen LogP contribution >= 0.6 is 0 Å². The van der Waals surface area contributed by atoms with Crippen LogP contribution in [0.1, 0.15) is 11.1 Å². The van der Waals surface area contributed by atoms with E-state index in [1.54, 1.807) is 48.5 Å². The summed E-state index contributed by atoms with van der Waals surface area (Å²) >= 11 is 0. The van der Waals surface area contributed by atoms with Gasteiger partial charge >= 0.3 is 0 Å². The van der Waals surface area contributed by atoms with Crippen molar-refractivity contribution in [1.82, 2.24) is 0 Å². The van der Waals surface area contributed by atoms with E-state index in [4.69, 9.17) is 4.74 Å². The van der Waals surface area contributed by atoms with Crippen LogP contribution < -0.4 is 0 Å². The van der Waals surface area contributed by atoms with E-state index < -0.39 is 21.5 Å². The van der Waals surface area contributed by atoms with Crippen LogP contribution in [0.3, 0.4) is 0 Å². The van der Waals surface area contributed by atoms with E-state index in [9.17, 15) is 17.8 Å². The first-order valence-electron chi connectivity index (χ1n) is 6.24. The molecule has 6 heteroatoms. The fourth-order valence-electron chi connectivity index (χ4n) is 2.94. The molecule has 5 nitrogen and oxygen atoms in total. The maximum atomic E-state index is 12.1. The highest BCUT2D eigenvalue weighted by atomic mass is 32.2. The molecule has 0 radical (unpaired) electrons. The van der Waals surface area contributed by atoms with Gasteiger partial charge in [0.05, 0.1) is 0 Å². The molecule has 0 fully saturated rings. The highest BCUT2D eigenvalue weighted by molar-refractivity contribution is 7.87. The van der Waals surface area contributed by atoms with Crippen LogP contribution in [0.5, 0.6) is 0 Å². The molecule has 0 saturated heterocycles. The highest BCUT2D eigenvalue weighted by Crippen LogP contribution is 2.51. The summed E-state index contributed by atoms with van der Waals surface area (Å²) in [5.41, 5.74) is 2.24. The van der Waals surface area contributed by atoms with Gasteiger partial charge in [0.25, 0.3) is 16.6 Å². The Balaban J connectivity index is 2.41. The standard InChI is InChI=1S/C15H12O5S/c16-10-20-9-15(21(17,18)19)13-7-3-1-5-11(13)12-6-2-4-8-14(12)15/h1-8,10H,9H2,(H,17,18,19). The number of hydrogen-bond donors (Lipinski definition) is 1. The zero-order valence-corrected chi connectivity index (χ0v) is 11.7. The molecule has 0 aliphatic heterocycles. The second kappa shape index (κ2) is 4.68. The Morgan fingerprint density at radius 3 is 1.90 bits per heavy atom. The molecule has 0 atom stereocenters. The second-order valence-electron chi connectivity index (χ2n) is 4.80. The van der Waals surface area contributed by atoms with Gasteiger partial charge in [-0.15, -0.1) is 0 Å². The number of carbonyl (C=O) groups excluding carboxylic acids is 1. The van der Waals surface area contributed by atoms with E-state index in [1.165, 1.54) is 0 Å². The molecule has 2 aromatic rings. The molecule has 108 valence electrons. The lowest BCUT2D eigenvalue weighted by atomic mass is 9.97. The Morgan fingerprint density at radius 2 is 1.48 bits per heavy atom. The molecule has 1 aliphatic rings. The third-order valence-electron chi connectivity index (χ3n) is 3.81. The Morgan fingerprint density at radius 1 is 1.00 bits per heavy atom. The lowest BCUT2D eigenvalue weighted by Crippen LogP contribution is -2.39. The molecule has 21 heavy (non-hydrogen) atoms. The van der Waals surface area contributed by atoms with Crippen LogP contribution in [-0.4, -0.2) is 26.0 Å². The van der Waals surface area contributed by atoms with Crippen molar-refractivity contribution in [3.63, 3.8) is 0 Å². The topological polar surface area (TPSA) is 80.7 Å². The summed E-state index contributed by atoms with van der Waals surface area (Å²) in [7, 11) is -4.55. The van der Waals surface area contributed by atoms with E-state index in [0.29, 0.717) is 22.3 Å². The average Bonchev–Trinajstić information content (AvgIpc) is 2.76. The number of benzene rings is 2. The predicted molar refractivity (Wildman–Crippen MR) is 76.2 cm³/mol. The van der Waals surface area contributed by atoms with Crippen LogP contribution in [0.25, 0.3) is 11.1 Å². The predicted octanol–water partition coefficient (Wildman–Crippen LogP) is 1.97. The number of hydrogen-bond acceptors (Lipinski definition) is 4. The average molecular weight is 304 g/mol. The van der Waals surface area contributed by atoms with E-state index >= 15 is 0 Å². The molecule has 1 aliphatic carbocycles. The van der Waals surface area contributed by atoms with Gasteiger partial charge < -0.3 is 4.74 Å². The fraction of sp³-hybridized carbons (Fsp3) is 0.133. The minimum atomic E-state index is -4.55. The Hall–Kier alpha value is -2.18. The molecule has 0 bridgehead atoms. The van der Waals surface area contributed by atoms with Crippen molar-refractivity contribution in [3.8, 4) is 11.1 Å². The second-order valence-corrected chi connectivity index (χ2v) is 6.45. The van der Waals surface area contributed by atoms with E-state index in [-0.39, 0.29) is 6.47 Å². The molecular weight excluding hydrogens is 292 g/mol. The molecule has 0 saturated carbocycles. The van der Waals surface area contributed by atoms with Gasteiger partial charge in [-0.25, -0.2) is 0 Å². The van der Waals surface area contributed by atoms with Crippen LogP contribution in [0.2, 0.25) is 0 Å². The van der Waals surface area contributed by atoms with Gasteiger partial charge in [0.2, 0.25) is 0 Å². The first kappa shape index (κ1) is 13.8. The molecular formula is C15H12O5S. The fourth-order valence-corrected chi connectivity index (χ4v) is 4.07. The van der Waals surface area contributed by atoms with E-state index in [0.717, 1.165) is 0 Å². The highest BCUT2D eigenvalue weighted by Gasteiger charge is 2.53. The Labute approximate surface area is 121 Å². The summed E-state index contributed by atoms with van der Waals surface area (Å²) in [6, 6.07) is 13.8. The van der Waals surface area contributed by atoms with Crippen molar-refractivity contribution < 1.29 is 22.5 Å². The summed E-state index contributed by atoms with van der Waals surface area (Å²) in [4.78, 5) is 10.6. The van der Waals surface area contributed by atoms with Crippen LogP contribution in [-0.2, 0) is 24.4 Å². The Kier molecular flexibility index (Phi) is 3.07. The summed E-state index contributed by atoms with van der Waals surface area (Å²) in [5.74, 6) is 0. The van der Waals surface area contributed by atoms with Crippen molar-refractivity contribution in [1.29, 1.82) is 0 Å². The first-order valence-corrected chi connectivity index (χ1v) is 7.68. The summed E-state index contributed by atoms with van der Waals surface area (Å²) in [6.07, 6.45) is 0. The van der Waals surface area contributed by atoms with Crippen LogP contribution in [0.15, 0.2) is 48.5 Å². The van der Waals surface area contributed by atoms with Gasteiger partial charge in [-0.2, -0.15) is 8.42 Å². The third-order valence-corrected chi connectivity index (χ3v) is 5.25. The number of ether oxygens (including phenoxy) is 1. The Bertz CT molecular complexity index is 765. The van der Waals surface area contributed by atoms with E-state index in [1.807, 2.05) is 0 Å².